The summed E-state index contributed by atoms with van der Waals surface area (Å²) >= 11 is 0. The molecule has 8 nitrogen and oxygen atoms in total. The average molecular weight is 390 g/mol. The van der Waals surface area contributed by atoms with Gasteiger partial charge < -0.3 is 5.32 Å². The number of imidazole rings is 1. The Balaban J connectivity index is 1.64. The van der Waals surface area contributed by atoms with E-state index in [2.05, 4.69) is 25.0 Å². The van der Waals surface area contributed by atoms with Gasteiger partial charge in [-0.3, -0.25) is 4.57 Å². The molecule has 0 amide bonds. The van der Waals surface area contributed by atoms with Gasteiger partial charge in [-0.25, -0.2) is 32.5 Å². The molecule has 0 atom stereocenters. The largest absolute Gasteiger partial charge is 0.369 e. The van der Waals surface area contributed by atoms with E-state index in [4.69, 9.17) is 0 Å². The van der Waals surface area contributed by atoms with Gasteiger partial charge in [-0.1, -0.05) is 12.1 Å². The van der Waals surface area contributed by atoms with Crippen molar-refractivity contribution in [1.29, 1.82) is 0 Å². The summed E-state index contributed by atoms with van der Waals surface area (Å²) in [6, 6.07) is 6.98. The first-order valence-electron chi connectivity index (χ1n) is 8.21. The summed E-state index contributed by atoms with van der Waals surface area (Å²) in [4.78, 5) is 12.5. The Hall–Kier alpha value is -2.85. The van der Waals surface area contributed by atoms with E-state index in [1.807, 2.05) is 11.5 Å². The van der Waals surface area contributed by atoms with Gasteiger partial charge in [0.25, 0.3) is 0 Å². The zero-order chi connectivity index (χ0) is 19.4. The molecular formula is C17H19FN6O2S. The third kappa shape index (κ3) is 4.47. The molecule has 0 saturated carbocycles. The predicted octanol–water partition coefficient (Wildman–Crippen LogP) is 1.81. The van der Waals surface area contributed by atoms with E-state index in [1.165, 1.54) is 18.2 Å². The Labute approximate surface area is 156 Å². The van der Waals surface area contributed by atoms with Crippen LogP contribution in [0.4, 0.5) is 10.2 Å². The first-order chi connectivity index (χ1) is 12.9. The van der Waals surface area contributed by atoms with Crippen LogP contribution in [-0.4, -0.2) is 41.0 Å². The highest BCUT2D eigenvalue weighted by Crippen LogP contribution is 2.14. The van der Waals surface area contributed by atoms with Crippen LogP contribution in [0, 0.1) is 19.7 Å². The van der Waals surface area contributed by atoms with Gasteiger partial charge in [-0.15, -0.1) is 0 Å². The molecule has 0 unspecified atom stereocenters. The second-order valence-electron chi connectivity index (χ2n) is 5.76. The Bertz CT molecular complexity index is 1050. The summed E-state index contributed by atoms with van der Waals surface area (Å²) in [7, 11) is -3.91. The van der Waals surface area contributed by atoms with E-state index < -0.39 is 15.8 Å². The zero-order valence-electron chi connectivity index (χ0n) is 14.8. The van der Waals surface area contributed by atoms with E-state index in [0.717, 1.165) is 11.9 Å². The minimum absolute atomic E-state index is 0.0686. The molecule has 0 aliphatic heterocycles. The maximum absolute atomic E-state index is 13.7. The van der Waals surface area contributed by atoms with Crippen molar-refractivity contribution in [3.63, 3.8) is 0 Å². The minimum atomic E-state index is -3.91. The van der Waals surface area contributed by atoms with Crippen molar-refractivity contribution in [3.05, 3.63) is 60.2 Å². The fraction of sp³-hybridized carbons (Fsp3) is 0.235. The van der Waals surface area contributed by atoms with Crippen LogP contribution in [0.25, 0.3) is 5.82 Å². The molecule has 0 radical (unpaired) electrons. The fourth-order valence-electron chi connectivity index (χ4n) is 2.50. The summed E-state index contributed by atoms with van der Waals surface area (Å²) in [6.45, 7) is 3.97. The SMILES string of the molecule is Cc1nc(NCCNS(=O)(=O)c2ccccc2F)cc(-n2ccnc2C)n1. The number of halogens is 1. The van der Waals surface area contributed by atoms with Crippen LogP contribution < -0.4 is 10.0 Å². The molecule has 0 fully saturated rings. The second-order valence-corrected chi connectivity index (χ2v) is 7.49. The number of rotatable bonds is 7. The molecule has 1 aromatic carbocycles. The fourth-order valence-corrected chi connectivity index (χ4v) is 3.61. The van der Waals surface area contributed by atoms with Crippen molar-refractivity contribution in [2.45, 2.75) is 18.7 Å². The molecule has 0 spiro atoms. The average Bonchev–Trinajstić information content (AvgIpc) is 3.04. The number of hydrogen-bond donors (Lipinski definition) is 2. The summed E-state index contributed by atoms with van der Waals surface area (Å²) < 4.78 is 42.1. The molecule has 27 heavy (non-hydrogen) atoms. The van der Waals surface area contributed by atoms with Gasteiger partial charge in [0.2, 0.25) is 10.0 Å². The monoisotopic (exact) mass is 390 g/mol. The quantitative estimate of drug-likeness (QED) is 0.597. The van der Waals surface area contributed by atoms with Crippen molar-refractivity contribution < 1.29 is 12.8 Å². The summed E-state index contributed by atoms with van der Waals surface area (Å²) in [6.07, 6.45) is 3.47. The highest BCUT2D eigenvalue weighted by Gasteiger charge is 2.17. The molecule has 0 aliphatic carbocycles. The molecular weight excluding hydrogens is 371 g/mol. The molecule has 3 rings (SSSR count). The molecule has 2 aromatic heterocycles. The summed E-state index contributed by atoms with van der Waals surface area (Å²) in [5.41, 5.74) is 0. The van der Waals surface area contributed by atoms with Crippen molar-refractivity contribution in [2.24, 2.45) is 0 Å². The van der Waals surface area contributed by atoms with Gasteiger partial charge >= 0.3 is 0 Å². The lowest BCUT2D eigenvalue weighted by atomic mass is 10.4. The van der Waals surface area contributed by atoms with Crippen LogP contribution in [0.5, 0.6) is 0 Å². The van der Waals surface area contributed by atoms with E-state index in [1.54, 1.807) is 25.4 Å². The van der Waals surface area contributed by atoms with Crippen LogP contribution in [-0.2, 0) is 10.0 Å². The lowest BCUT2D eigenvalue weighted by molar-refractivity contribution is 0.558. The molecule has 0 saturated heterocycles. The van der Waals surface area contributed by atoms with E-state index in [-0.39, 0.29) is 18.0 Å². The summed E-state index contributed by atoms with van der Waals surface area (Å²) in [5.74, 6) is 1.78. The molecule has 10 heteroatoms. The molecule has 3 aromatic rings. The maximum Gasteiger partial charge on any atom is 0.243 e. The van der Waals surface area contributed by atoms with E-state index in [0.29, 0.717) is 17.5 Å². The number of aromatic nitrogens is 4. The highest BCUT2D eigenvalue weighted by molar-refractivity contribution is 7.89. The van der Waals surface area contributed by atoms with Crippen LogP contribution in [0.1, 0.15) is 11.6 Å². The van der Waals surface area contributed by atoms with Gasteiger partial charge in [-0.2, -0.15) is 0 Å². The van der Waals surface area contributed by atoms with Crippen LogP contribution >= 0.6 is 0 Å². The number of anilines is 1. The van der Waals surface area contributed by atoms with Gasteiger partial charge in [0.1, 0.15) is 34.0 Å². The number of nitrogens with one attached hydrogen (secondary N) is 2. The van der Waals surface area contributed by atoms with E-state index >= 15 is 0 Å². The van der Waals surface area contributed by atoms with Crippen molar-refractivity contribution in [3.8, 4) is 5.82 Å². The molecule has 0 bridgehead atoms. The van der Waals surface area contributed by atoms with Gasteiger partial charge in [0.15, 0.2) is 0 Å². The molecule has 2 heterocycles. The normalized spacial score (nSPS) is 11.5. The third-order valence-electron chi connectivity index (χ3n) is 3.75. The standard InChI is InChI=1S/C17H19FN6O2S/c1-12-22-16(11-17(23-12)24-10-9-19-13(24)2)20-7-8-21-27(25,26)15-6-4-3-5-14(15)18/h3-6,9-11,21H,7-8H2,1-2H3,(H,20,22,23). The van der Waals surface area contributed by atoms with Crippen LogP contribution in [0.15, 0.2) is 47.6 Å². The minimum Gasteiger partial charge on any atom is -0.369 e. The van der Waals surface area contributed by atoms with Gasteiger partial charge in [0, 0.05) is 31.5 Å². The molecule has 0 aliphatic rings. The van der Waals surface area contributed by atoms with Crippen molar-refractivity contribution in [2.75, 3.05) is 18.4 Å². The first-order valence-corrected chi connectivity index (χ1v) is 9.69. The van der Waals surface area contributed by atoms with E-state index in [9.17, 15) is 12.8 Å². The number of aryl methyl sites for hydroxylation is 2. The van der Waals surface area contributed by atoms with Gasteiger partial charge in [-0.05, 0) is 26.0 Å². The predicted molar refractivity (Wildman–Crippen MR) is 98.7 cm³/mol. The van der Waals surface area contributed by atoms with Crippen molar-refractivity contribution >= 4 is 15.8 Å². The highest BCUT2D eigenvalue weighted by atomic mass is 32.2. The molecule has 142 valence electrons. The number of hydrogen-bond acceptors (Lipinski definition) is 6. The number of sulfonamides is 1. The maximum atomic E-state index is 13.7. The Kier molecular flexibility index (Phi) is 5.47. The van der Waals surface area contributed by atoms with Crippen LogP contribution in [0.2, 0.25) is 0 Å². The molecule has 2 N–H and O–H groups in total. The second kappa shape index (κ2) is 7.80. The number of nitrogens with zero attached hydrogens (tertiary/aromatic N) is 4. The lowest BCUT2D eigenvalue weighted by Gasteiger charge is -2.11. The zero-order valence-corrected chi connectivity index (χ0v) is 15.7. The third-order valence-corrected chi connectivity index (χ3v) is 5.24. The lowest BCUT2D eigenvalue weighted by Crippen LogP contribution is -2.29. The van der Waals surface area contributed by atoms with Crippen LogP contribution in [0.3, 0.4) is 0 Å². The smallest absolute Gasteiger partial charge is 0.243 e. The number of benzene rings is 1. The Morgan fingerprint density at radius 3 is 2.63 bits per heavy atom. The Morgan fingerprint density at radius 2 is 1.93 bits per heavy atom. The van der Waals surface area contributed by atoms with Gasteiger partial charge in [0.05, 0.1) is 0 Å². The topological polar surface area (TPSA) is 102 Å². The Morgan fingerprint density at radius 1 is 1.15 bits per heavy atom. The van der Waals surface area contributed by atoms with Crippen molar-refractivity contribution in [1.82, 2.24) is 24.2 Å². The summed E-state index contributed by atoms with van der Waals surface area (Å²) in [5, 5.41) is 3.04. The first kappa shape index (κ1) is 18.9.